The summed E-state index contributed by atoms with van der Waals surface area (Å²) >= 11 is 0. The highest BCUT2D eigenvalue weighted by Gasteiger charge is 2.23. The average Bonchev–Trinajstić information content (AvgIpc) is 2.38. The minimum Gasteiger partial charge on any atom is -0.488 e. The highest BCUT2D eigenvalue weighted by molar-refractivity contribution is 6.40. The first-order chi connectivity index (χ1) is 9.08. The van der Waals surface area contributed by atoms with Gasteiger partial charge in [0, 0.05) is 6.54 Å². The maximum Gasteiger partial charge on any atom is 0.377 e. The van der Waals surface area contributed by atoms with E-state index in [4.69, 9.17) is 9.84 Å². The number of hydrogen-bond donors (Lipinski definition) is 1. The molecule has 19 heavy (non-hydrogen) atoms. The summed E-state index contributed by atoms with van der Waals surface area (Å²) < 4.78 is 5.80. The third-order valence-electron chi connectivity index (χ3n) is 3.20. The van der Waals surface area contributed by atoms with Gasteiger partial charge in [0.2, 0.25) is 0 Å². The zero-order valence-corrected chi connectivity index (χ0v) is 10.8. The molecule has 1 aliphatic rings. The minimum atomic E-state index is -1.46. The molecule has 102 valence electrons. The highest BCUT2D eigenvalue weighted by Crippen LogP contribution is 2.22. The maximum absolute atomic E-state index is 11.6. The quantitative estimate of drug-likeness (QED) is 0.657. The van der Waals surface area contributed by atoms with Crippen LogP contribution in [0.4, 0.5) is 0 Å². The number of carboxylic acids is 1. The van der Waals surface area contributed by atoms with Crippen LogP contribution in [-0.2, 0) is 4.79 Å². The molecule has 0 amide bonds. The van der Waals surface area contributed by atoms with Crippen molar-refractivity contribution in [1.82, 2.24) is 4.90 Å². The summed E-state index contributed by atoms with van der Waals surface area (Å²) in [4.78, 5) is 24.5. The van der Waals surface area contributed by atoms with Crippen LogP contribution in [0, 0.1) is 0 Å². The summed E-state index contributed by atoms with van der Waals surface area (Å²) in [6.45, 7) is 1.82. The van der Waals surface area contributed by atoms with Gasteiger partial charge in [-0.2, -0.15) is 0 Å². The smallest absolute Gasteiger partial charge is 0.377 e. The summed E-state index contributed by atoms with van der Waals surface area (Å²) in [5.41, 5.74) is 0.114. The van der Waals surface area contributed by atoms with Gasteiger partial charge in [0.25, 0.3) is 5.78 Å². The Bertz CT molecular complexity index is 486. The fourth-order valence-electron chi connectivity index (χ4n) is 2.27. The van der Waals surface area contributed by atoms with Gasteiger partial charge in [-0.3, -0.25) is 4.79 Å². The lowest BCUT2D eigenvalue weighted by atomic mass is 10.1. The SMILES string of the molecule is CN1CCCC(Oc2ccccc2C(=O)C(=O)O)C1. The van der Waals surface area contributed by atoms with E-state index in [9.17, 15) is 9.59 Å². The zero-order valence-electron chi connectivity index (χ0n) is 10.8. The number of nitrogens with zero attached hydrogens (tertiary/aromatic N) is 1. The number of piperidine rings is 1. The molecule has 1 N–H and O–H groups in total. The van der Waals surface area contributed by atoms with Crippen molar-refractivity contribution in [2.24, 2.45) is 0 Å². The number of Topliss-reactive ketones (excluding diaryl/α,β-unsaturated/α-hetero) is 1. The normalized spacial score (nSPS) is 19.9. The van der Waals surface area contributed by atoms with E-state index >= 15 is 0 Å². The summed E-state index contributed by atoms with van der Waals surface area (Å²) in [7, 11) is 2.02. The van der Waals surface area contributed by atoms with E-state index in [1.807, 2.05) is 7.05 Å². The molecule has 0 aromatic heterocycles. The molecule has 5 nitrogen and oxygen atoms in total. The van der Waals surface area contributed by atoms with Gasteiger partial charge in [0.05, 0.1) is 5.56 Å². The lowest BCUT2D eigenvalue weighted by molar-refractivity contribution is -0.131. The number of carbonyl (C=O) groups is 2. The van der Waals surface area contributed by atoms with Gasteiger partial charge in [0.1, 0.15) is 11.9 Å². The molecular formula is C14H17NO4. The van der Waals surface area contributed by atoms with E-state index < -0.39 is 11.8 Å². The Morgan fingerprint density at radius 3 is 2.79 bits per heavy atom. The van der Waals surface area contributed by atoms with Crippen molar-refractivity contribution in [3.8, 4) is 5.75 Å². The van der Waals surface area contributed by atoms with Gasteiger partial charge < -0.3 is 14.7 Å². The molecule has 1 saturated heterocycles. The lowest BCUT2D eigenvalue weighted by Crippen LogP contribution is -2.38. The number of hydrogen-bond acceptors (Lipinski definition) is 4. The molecule has 1 aromatic carbocycles. The van der Waals surface area contributed by atoms with Crippen molar-refractivity contribution < 1.29 is 19.4 Å². The van der Waals surface area contributed by atoms with Gasteiger partial charge in [0.15, 0.2) is 0 Å². The highest BCUT2D eigenvalue weighted by atomic mass is 16.5. The molecule has 1 atom stereocenters. The van der Waals surface area contributed by atoms with Gasteiger partial charge in [-0.15, -0.1) is 0 Å². The second-order valence-electron chi connectivity index (χ2n) is 4.77. The van der Waals surface area contributed by atoms with Crippen molar-refractivity contribution in [2.75, 3.05) is 20.1 Å². The second-order valence-corrected chi connectivity index (χ2v) is 4.77. The van der Waals surface area contributed by atoms with Crippen LogP contribution >= 0.6 is 0 Å². The van der Waals surface area contributed by atoms with Crippen LogP contribution in [0.1, 0.15) is 23.2 Å². The predicted molar refractivity (Wildman–Crippen MR) is 69.6 cm³/mol. The maximum atomic E-state index is 11.6. The van der Waals surface area contributed by atoms with Gasteiger partial charge in [-0.1, -0.05) is 12.1 Å². The van der Waals surface area contributed by atoms with Crippen LogP contribution in [0.5, 0.6) is 5.75 Å². The summed E-state index contributed by atoms with van der Waals surface area (Å²) in [6.07, 6.45) is 1.96. The van der Waals surface area contributed by atoms with Crippen LogP contribution in [0.15, 0.2) is 24.3 Å². The molecule has 0 aliphatic carbocycles. The number of likely N-dealkylation sites (tertiary alicyclic amines) is 1. The summed E-state index contributed by atoms with van der Waals surface area (Å²) in [5, 5.41) is 8.79. The van der Waals surface area contributed by atoms with Gasteiger partial charge >= 0.3 is 5.97 Å². The van der Waals surface area contributed by atoms with Crippen molar-refractivity contribution in [2.45, 2.75) is 18.9 Å². The third kappa shape index (κ3) is 3.32. The van der Waals surface area contributed by atoms with Crippen molar-refractivity contribution in [3.63, 3.8) is 0 Å². The fraction of sp³-hybridized carbons (Fsp3) is 0.429. The molecule has 1 unspecified atom stereocenters. The summed E-state index contributed by atoms with van der Waals surface area (Å²) in [6, 6.07) is 6.50. The molecule has 0 spiro atoms. The molecule has 5 heteroatoms. The number of benzene rings is 1. The van der Waals surface area contributed by atoms with E-state index in [0.29, 0.717) is 5.75 Å². The van der Waals surface area contributed by atoms with Crippen LogP contribution in [0.25, 0.3) is 0 Å². The predicted octanol–water partition coefficient (Wildman–Crippen LogP) is 1.43. The van der Waals surface area contributed by atoms with Crippen LogP contribution < -0.4 is 4.74 Å². The van der Waals surface area contributed by atoms with E-state index in [0.717, 1.165) is 25.9 Å². The topological polar surface area (TPSA) is 66.8 Å². The van der Waals surface area contributed by atoms with Crippen LogP contribution in [0.3, 0.4) is 0 Å². The Balaban J connectivity index is 2.16. The monoisotopic (exact) mass is 263 g/mol. The molecule has 0 bridgehead atoms. The molecule has 0 radical (unpaired) electrons. The largest absolute Gasteiger partial charge is 0.488 e. The molecule has 1 aromatic rings. The first-order valence-corrected chi connectivity index (χ1v) is 6.30. The standard InChI is InChI=1S/C14H17NO4/c1-15-8-4-5-10(9-15)19-12-7-3-2-6-11(12)13(16)14(17)18/h2-3,6-7,10H,4-5,8-9H2,1H3,(H,17,18). The number of ketones is 1. The van der Waals surface area contributed by atoms with Gasteiger partial charge in [-0.05, 0) is 38.6 Å². The molecule has 1 heterocycles. The Morgan fingerprint density at radius 2 is 2.11 bits per heavy atom. The molecule has 0 saturated carbocycles. The first-order valence-electron chi connectivity index (χ1n) is 6.30. The second kappa shape index (κ2) is 5.84. The lowest BCUT2D eigenvalue weighted by Gasteiger charge is -2.30. The number of aliphatic carboxylic acids is 1. The minimum absolute atomic E-state index is 0.00138. The van der Waals surface area contributed by atoms with Crippen molar-refractivity contribution >= 4 is 11.8 Å². The van der Waals surface area contributed by atoms with E-state index in [1.54, 1.807) is 18.2 Å². The number of rotatable bonds is 4. The summed E-state index contributed by atoms with van der Waals surface area (Å²) in [5.74, 6) is -2.04. The number of para-hydroxylation sites is 1. The van der Waals surface area contributed by atoms with Gasteiger partial charge in [-0.25, -0.2) is 4.79 Å². The Hall–Kier alpha value is -1.88. The first kappa shape index (κ1) is 13.5. The molecule has 1 fully saturated rings. The van der Waals surface area contributed by atoms with Crippen LogP contribution in [-0.4, -0.2) is 48.0 Å². The van der Waals surface area contributed by atoms with E-state index in [2.05, 4.69) is 4.90 Å². The molecular weight excluding hydrogens is 246 g/mol. The van der Waals surface area contributed by atoms with E-state index in [1.165, 1.54) is 6.07 Å². The Labute approximate surface area is 111 Å². The number of carbonyl (C=O) groups excluding carboxylic acids is 1. The number of likely N-dealkylation sites (N-methyl/N-ethyl adjacent to an activating group) is 1. The fourth-order valence-corrected chi connectivity index (χ4v) is 2.27. The van der Waals surface area contributed by atoms with E-state index in [-0.39, 0.29) is 11.7 Å². The zero-order chi connectivity index (χ0) is 13.8. The number of carboxylic acid groups (broad SMARTS) is 1. The molecule has 2 rings (SSSR count). The van der Waals surface area contributed by atoms with Crippen molar-refractivity contribution in [1.29, 1.82) is 0 Å². The Kier molecular flexibility index (Phi) is 4.16. The third-order valence-corrected chi connectivity index (χ3v) is 3.20. The Morgan fingerprint density at radius 1 is 1.37 bits per heavy atom. The average molecular weight is 263 g/mol. The number of ether oxygens (including phenoxy) is 1. The van der Waals surface area contributed by atoms with Crippen LogP contribution in [0.2, 0.25) is 0 Å². The molecule has 1 aliphatic heterocycles. The van der Waals surface area contributed by atoms with Crippen molar-refractivity contribution in [3.05, 3.63) is 29.8 Å².